The van der Waals surface area contributed by atoms with Crippen molar-refractivity contribution in [2.75, 3.05) is 25.0 Å². The highest BCUT2D eigenvalue weighted by molar-refractivity contribution is 7.89. The number of carbonyl (C=O) groups is 1. The fraction of sp³-hybridized carbons (Fsp3) is 0.350. The molecule has 0 bridgehead atoms. The minimum Gasteiger partial charge on any atom is -0.494 e. The summed E-state index contributed by atoms with van der Waals surface area (Å²) in [6.07, 6.45) is 1.19. The number of rotatable bonds is 6. The number of amides is 1. The van der Waals surface area contributed by atoms with Crippen LogP contribution in [0.2, 0.25) is 10.0 Å². The lowest BCUT2D eigenvalue weighted by Crippen LogP contribution is -2.43. The van der Waals surface area contributed by atoms with Gasteiger partial charge in [0.25, 0.3) is 0 Å². The monoisotopic (exact) mass is 456 g/mol. The maximum atomic E-state index is 13.0. The van der Waals surface area contributed by atoms with Gasteiger partial charge in [0.05, 0.1) is 28.1 Å². The number of nitrogens with zero attached hydrogens (tertiary/aromatic N) is 1. The van der Waals surface area contributed by atoms with Crippen molar-refractivity contribution >= 4 is 44.8 Å². The molecule has 29 heavy (non-hydrogen) atoms. The van der Waals surface area contributed by atoms with Gasteiger partial charge in [-0.3, -0.25) is 4.79 Å². The number of hydrogen-bond donors (Lipinski definition) is 1. The molecule has 0 saturated carbocycles. The van der Waals surface area contributed by atoms with E-state index < -0.39 is 15.9 Å². The van der Waals surface area contributed by atoms with Crippen LogP contribution in [0.3, 0.4) is 0 Å². The third-order valence-corrected chi connectivity index (χ3v) is 7.16. The van der Waals surface area contributed by atoms with Gasteiger partial charge in [-0.15, -0.1) is 0 Å². The smallest absolute Gasteiger partial charge is 0.243 e. The molecular weight excluding hydrogens is 435 g/mol. The molecule has 3 rings (SSSR count). The molecule has 1 aliphatic rings. The van der Waals surface area contributed by atoms with Gasteiger partial charge in [0.2, 0.25) is 15.9 Å². The van der Waals surface area contributed by atoms with Crippen molar-refractivity contribution in [1.82, 2.24) is 4.31 Å². The number of piperidine rings is 1. The number of hydrogen-bond acceptors (Lipinski definition) is 4. The summed E-state index contributed by atoms with van der Waals surface area (Å²) in [5.41, 5.74) is 0.413. The third-order valence-electron chi connectivity index (χ3n) is 4.71. The zero-order valence-electron chi connectivity index (χ0n) is 15.9. The summed E-state index contributed by atoms with van der Waals surface area (Å²) in [7, 11) is -3.70. The summed E-state index contributed by atoms with van der Waals surface area (Å²) in [6.45, 7) is 2.85. The quantitative estimate of drug-likeness (QED) is 0.697. The van der Waals surface area contributed by atoms with E-state index in [0.717, 1.165) is 0 Å². The van der Waals surface area contributed by atoms with Gasteiger partial charge < -0.3 is 10.1 Å². The van der Waals surface area contributed by atoms with Gasteiger partial charge >= 0.3 is 0 Å². The molecule has 1 N–H and O–H groups in total. The summed E-state index contributed by atoms with van der Waals surface area (Å²) in [6, 6.07) is 11.1. The van der Waals surface area contributed by atoms with E-state index in [2.05, 4.69) is 5.32 Å². The maximum Gasteiger partial charge on any atom is 0.243 e. The Labute approximate surface area is 180 Å². The number of ether oxygens (including phenoxy) is 1. The minimum atomic E-state index is -3.70. The second kappa shape index (κ2) is 9.34. The lowest BCUT2D eigenvalue weighted by Gasteiger charge is -2.31. The van der Waals surface area contributed by atoms with Gasteiger partial charge in [0.15, 0.2) is 0 Å². The molecule has 1 aliphatic heterocycles. The van der Waals surface area contributed by atoms with Crippen LogP contribution in [0.1, 0.15) is 19.8 Å². The van der Waals surface area contributed by atoms with Crippen LogP contribution in [-0.2, 0) is 14.8 Å². The van der Waals surface area contributed by atoms with Crippen molar-refractivity contribution in [1.29, 1.82) is 0 Å². The highest BCUT2D eigenvalue weighted by Gasteiger charge is 2.33. The molecule has 1 saturated heterocycles. The molecule has 0 radical (unpaired) electrons. The van der Waals surface area contributed by atoms with Crippen molar-refractivity contribution in [2.24, 2.45) is 5.92 Å². The Morgan fingerprint density at radius 2 is 1.93 bits per heavy atom. The van der Waals surface area contributed by atoms with Crippen LogP contribution < -0.4 is 10.1 Å². The molecule has 0 spiro atoms. The molecule has 0 aromatic heterocycles. The van der Waals surface area contributed by atoms with Crippen molar-refractivity contribution < 1.29 is 17.9 Å². The van der Waals surface area contributed by atoms with Gasteiger partial charge in [-0.1, -0.05) is 23.2 Å². The Bertz CT molecular complexity index is 980. The minimum absolute atomic E-state index is 0.111. The Morgan fingerprint density at radius 1 is 1.21 bits per heavy atom. The molecule has 0 unspecified atom stereocenters. The third kappa shape index (κ3) is 5.22. The van der Waals surface area contributed by atoms with Gasteiger partial charge in [0, 0.05) is 18.1 Å². The first-order chi connectivity index (χ1) is 13.8. The fourth-order valence-corrected chi connectivity index (χ4v) is 5.09. The van der Waals surface area contributed by atoms with Gasteiger partial charge in [-0.25, -0.2) is 8.42 Å². The molecule has 1 atom stereocenters. The highest BCUT2D eigenvalue weighted by Crippen LogP contribution is 2.29. The molecule has 9 heteroatoms. The molecule has 2 aromatic rings. The Balaban J connectivity index is 1.72. The second-order valence-electron chi connectivity index (χ2n) is 6.72. The highest BCUT2D eigenvalue weighted by atomic mass is 35.5. The van der Waals surface area contributed by atoms with Gasteiger partial charge in [0.1, 0.15) is 5.75 Å². The largest absolute Gasteiger partial charge is 0.494 e. The summed E-state index contributed by atoms with van der Waals surface area (Å²) in [4.78, 5) is 12.9. The van der Waals surface area contributed by atoms with E-state index in [-0.39, 0.29) is 17.3 Å². The SMILES string of the molecule is CCOc1ccc(S(=O)(=O)N2CCC[C@@H](C(=O)Nc3cc(Cl)ccc3Cl)C2)cc1. The van der Waals surface area contributed by atoms with Crippen LogP contribution in [0.5, 0.6) is 5.75 Å². The predicted octanol–water partition coefficient (Wildman–Crippen LogP) is 4.43. The van der Waals surface area contributed by atoms with E-state index >= 15 is 0 Å². The van der Waals surface area contributed by atoms with Crippen LogP contribution in [-0.4, -0.2) is 38.3 Å². The number of anilines is 1. The molecular formula is C20H22Cl2N2O4S. The number of carbonyl (C=O) groups excluding carboxylic acids is 1. The number of benzene rings is 2. The average molecular weight is 457 g/mol. The fourth-order valence-electron chi connectivity index (χ4n) is 3.23. The van der Waals surface area contributed by atoms with Gasteiger partial charge in [-0.05, 0) is 62.2 Å². The first kappa shape index (κ1) is 21.9. The Hall–Kier alpha value is -1.80. The van der Waals surface area contributed by atoms with E-state index in [1.165, 1.54) is 16.4 Å². The van der Waals surface area contributed by atoms with Crippen molar-refractivity contribution in [3.05, 3.63) is 52.5 Å². The topological polar surface area (TPSA) is 75.7 Å². The lowest BCUT2D eigenvalue weighted by molar-refractivity contribution is -0.120. The van der Waals surface area contributed by atoms with E-state index in [1.54, 1.807) is 30.3 Å². The average Bonchev–Trinajstić information content (AvgIpc) is 2.71. The predicted molar refractivity (Wildman–Crippen MR) is 114 cm³/mol. The van der Waals surface area contributed by atoms with Crippen LogP contribution in [0.25, 0.3) is 0 Å². The molecule has 1 heterocycles. The zero-order chi connectivity index (χ0) is 21.0. The van der Waals surface area contributed by atoms with Crippen molar-refractivity contribution in [3.8, 4) is 5.75 Å². The summed E-state index contributed by atoms with van der Waals surface area (Å²) >= 11 is 12.1. The van der Waals surface area contributed by atoms with E-state index in [1.807, 2.05) is 6.92 Å². The summed E-state index contributed by atoms with van der Waals surface area (Å²) in [5, 5.41) is 3.59. The number of nitrogens with one attached hydrogen (secondary N) is 1. The standard InChI is InChI=1S/C20H22Cl2N2O4S/c1-2-28-16-6-8-17(9-7-16)29(26,27)24-11-3-4-14(13-24)20(25)23-19-12-15(21)5-10-18(19)22/h5-10,12,14H,2-4,11,13H2,1H3,(H,23,25)/t14-/m1/s1. The van der Waals surface area contributed by atoms with Crippen molar-refractivity contribution in [3.63, 3.8) is 0 Å². The Morgan fingerprint density at radius 3 is 2.62 bits per heavy atom. The van der Waals surface area contributed by atoms with E-state index in [9.17, 15) is 13.2 Å². The maximum absolute atomic E-state index is 13.0. The normalized spacial score (nSPS) is 17.7. The second-order valence-corrected chi connectivity index (χ2v) is 9.50. The molecule has 156 valence electrons. The molecule has 1 amide bonds. The van der Waals surface area contributed by atoms with Crippen molar-refractivity contribution in [2.45, 2.75) is 24.7 Å². The number of halogens is 2. The first-order valence-electron chi connectivity index (χ1n) is 9.30. The first-order valence-corrected chi connectivity index (χ1v) is 11.5. The van der Waals surface area contributed by atoms with E-state index in [4.69, 9.17) is 27.9 Å². The summed E-state index contributed by atoms with van der Waals surface area (Å²) < 4.78 is 32.7. The molecule has 2 aromatic carbocycles. The molecule has 1 fully saturated rings. The van der Waals surface area contributed by atoms with Crippen LogP contribution in [0, 0.1) is 5.92 Å². The summed E-state index contributed by atoms with van der Waals surface area (Å²) in [5.74, 6) is -0.141. The van der Waals surface area contributed by atoms with Crippen LogP contribution in [0.4, 0.5) is 5.69 Å². The van der Waals surface area contributed by atoms with Gasteiger partial charge in [-0.2, -0.15) is 4.31 Å². The van der Waals surface area contributed by atoms with E-state index in [0.29, 0.717) is 47.5 Å². The lowest BCUT2D eigenvalue weighted by atomic mass is 9.99. The van der Waals surface area contributed by atoms with Crippen LogP contribution >= 0.6 is 23.2 Å². The van der Waals surface area contributed by atoms with Crippen LogP contribution in [0.15, 0.2) is 47.4 Å². The Kier molecular flexibility index (Phi) is 7.05. The molecule has 6 nitrogen and oxygen atoms in total. The zero-order valence-corrected chi connectivity index (χ0v) is 18.2. The molecule has 0 aliphatic carbocycles. The number of sulfonamides is 1.